The van der Waals surface area contributed by atoms with Crippen molar-refractivity contribution in [2.45, 2.75) is 31.9 Å². The largest absolute Gasteiger partial charge is 0.389 e. The molecule has 0 spiro atoms. The van der Waals surface area contributed by atoms with Crippen molar-refractivity contribution in [3.05, 3.63) is 22.4 Å². The van der Waals surface area contributed by atoms with Gasteiger partial charge in [0, 0.05) is 24.1 Å². The van der Waals surface area contributed by atoms with E-state index in [1.54, 1.807) is 0 Å². The number of rotatable bonds is 5. The summed E-state index contributed by atoms with van der Waals surface area (Å²) in [4.78, 5) is 12.1. The molecule has 1 aromatic rings. The molecule has 0 saturated carbocycles. The summed E-state index contributed by atoms with van der Waals surface area (Å²) in [6, 6.07) is 3.63. The van der Waals surface area contributed by atoms with Crippen LogP contribution in [-0.2, 0) is 11.2 Å². The van der Waals surface area contributed by atoms with Crippen molar-refractivity contribution in [1.82, 2.24) is 0 Å². The number of thiophene rings is 1. The van der Waals surface area contributed by atoms with Crippen LogP contribution in [0.5, 0.6) is 0 Å². The summed E-state index contributed by atoms with van der Waals surface area (Å²) in [5, 5.41) is 1.85. The zero-order valence-electron chi connectivity index (χ0n) is 8.01. The predicted molar refractivity (Wildman–Crippen MR) is 52.9 cm³/mol. The lowest BCUT2D eigenvalue weighted by Gasteiger charge is -2.04. The Kier molecular flexibility index (Phi) is 4.32. The van der Waals surface area contributed by atoms with Gasteiger partial charge in [0.15, 0.2) is 0 Å². The SMILES string of the molecule is O=C(CCCC(F)(F)F)Cc1cccs1. The van der Waals surface area contributed by atoms with E-state index in [2.05, 4.69) is 0 Å². The quantitative estimate of drug-likeness (QED) is 0.763. The third-order valence-electron chi connectivity index (χ3n) is 1.87. The van der Waals surface area contributed by atoms with Crippen LogP contribution in [0.4, 0.5) is 13.2 Å². The minimum Gasteiger partial charge on any atom is -0.299 e. The van der Waals surface area contributed by atoms with Gasteiger partial charge in [-0.15, -0.1) is 11.3 Å². The van der Waals surface area contributed by atoms with Crippen LogP contribution in [0, 0.1) is 0 Å². The van der Waals surface area contributed by atoms with Gasteiger partial charge in [0.2, 0.25) is 0 Å². The van der Waals surface area contributed by atoms with Gasteiger partial charge in [-0.1, -0.05) is 6.07 Å². The summed E-state index contributed by atoms with van der Waals surface area (Å²) in [5.74, 6) is -0.123. The molecule has 0 aliphatic carbocycles. The molecule has 0 aromatic carbocycles. The maximum atomic E-state index is 11.8. The third kappa shape index (κ3) is 5.57. The van der Waals surface area contributed by atoms with Crippen LogP contribution >= 0.6 is 11.3 Å². The van der Waals surface area contributed by atoms with Crippen LogP contribution in [0.15, 0.2) is 17.5 Å². The molecule has 0 unspecified atom stereocenters. The van der Waals surface area contributed by atoms with Crippen molar-refractivity contribution < 1.29 is 18.0 Å². The number of ketones is 1. The van der Waals surface area contributed by atoms with Crippen molar-refractivity contribution >= 4 is 17.1 Å². The van der Waals surface area contributed by atoms with Gasteiger partial charge in [-0.3, -0.25) is 4.79 Å². The second-order valence-corrected chi connectivity index (χ2v) is 4.30. The third-order valence-corrected chi connectivity index (χ3v) is 2.74. The first-order chi connectivity index (χ1) is 6.97. The Morgan fingerprint density at radius 1 is 1.40 bits per heavy atom. The molecule has 0 aliphatic heterocycles. The van der Waals surface area contributed by atoms with Crippen LogP contribution < -0.4 is 0 Å². The highest BCUT2D eigenvalue weighted by molar-refractivity contribution is 7.10. The average molecular weight is 236 g/mol. The fourth-order valence-corrected chi connectivity index (χ4v) is 1.92. The minimum atomic E-state index is -4.15. The molecule has 84 valence electrons. The number of carbonyl (C=O) groups excluding carboxylic acids is 1. The van der Waals surface area contributed by atoms with E-state index in [-0.39, 0.29) is 25.0 Å². The average Bonchev–Trinajstić information content (AvgIpc) is 2.54. The molecule has 1 aromatic heterocycles. The molecule has 1 nitrogen and oxygen atoms in total. The Bertz CT molecular complexity index is 303. The van der Waals surface area contributed by atoms with Gasteiger partial charge < -0.3 is 0 Å². The molecule has 5 heteroatoms. The summed E-state index contributed by atoms with van der Waals surface area (Å²) >= 11 is 1.45. The van der Waals surface area contributed by atoms with E-state index >= 15 is 0 Å². The van der Waals surface area contributed by atoms with Gasteiger partial charge in [0.1, 0.15) is 5.78 Å². The van der Waals surface area contributed by atoms with Crippen LogP contribution in [0.2, 0.25) is 0 Å². The second-order valence-electron chi connectivity index (χ2n) is 3.26. The van der Waals surface area contributed by atoms with Gasteiger partial charge in [-0.25, -0.2) is 0 Å². The number of hydrogen-bond donors (Lipinski definition) is 0. The highest BCUT2D eigenvalue weighted by Gasteiger charge is 2.26. The Hall–Kier alpha value is -0.840. The van der Waals surface area contributed by atoms with Crippen LogP contribution in [0.1, 0.15) is 24.1 Å². The standard InChI is InChI=1S/C10H11F3OS/c11-10(12,13)5-1-3-8(14)7-9-4-2-6-15-9/h2,4,6H,1,3,5,7H2. The van der Waals surface area contributed by atoms with Crippen molar-refractivity contribution in [3.8, 4) is 0 Å². The molecule has 1 rings (SSSR count). The summed E-state index contributed by atoms with van der Waals surface area (Å²) in [5.41, 5.74) is 0. The maximum absolute atomic E-state index is 11.8. The Morgan fingerprint density at radius 3 is 2.67 bits per heavy atom. The minimum absolute atomic E-state index is 0.0113. The molecule has 1 heterocycles. The topological polar surface area (TPSA) is 17.1 Å². The molecule has 15 heavy (non-hydrogen) atoms. The Labute approximate surface area is 89.9 Å². The van der Waals surface area contributed by atoms with Gasteiger partial charge in [0.05, 0.1) is 0 Å². The fourth-order valence-electron chi connectivity index (χ4n) is 1.18. The van der Waals surface area contributed by atoms with E-state index in [0.29, 0.717) is 0 Å². The van der Waals surface area contributed by atoms with E-state index < -0.39 is 12.6 Å². The van der Waals surface area contributed by atoms with Crippen molar-refractivity contribution in [3.63, 3.8) is 0 Å². The lowest BCUT2D eigenvalue weighted by atomic mass is 10.1. The normalized spacial score (nSPS) is 11.7. The van der Waals surface area contributed by atoms with Crippen LogP contribution in [-0.4, -0.2) is 12.0 Å². The summed E-state index contributed by atoms with van der Waals surface area (Å²) in [7, 11) is 0. The van der Waals surface area contributed by atoms with Crippen molar-refractivity contribution in [1.29, 1.82) is 0 Å². The lowest BCUT2D eigenvalue weighted by molar-refractivity contribution is -0.137. The van der Waals surface area contributed by atoms with Gasteiger partial charge in [0.25, 0.3) is 0 Å². The fraction of sp³-hybridized carbons (Fsp3) is 0.500. The van der Waals surface area contributed by atoms with Gasteiger partial charge >= 0.3 is 6.18 Å². The molecule has 0 radical (unpaired) electrons. The van der Waals surface area contributed by atoms with Crippen molar-refractivity contribution in [2.24, 2.45) is 0 Å². The first-order valence-corrected chi connectivity index (χ1v) is 5.46. The molecule has 0 fully saturated rings. The summed E-state index contributed by atoms with van der Waals surface area (Å²) < 4.78 is 35.3. The number of hydrogen-bond acceptors (Lipinski definition) is 2. The first kappa shape index (κ1) is 12.2. The molecule has 0 bridgehead atoms. The van der Waals surface area contributed by atoms with E-state index in [4.69, 9.17) is 0 Å². The molecular weight excluding hydrogens is 225 g/mol. The number of alkyl halides is 3. The molecule has 0 aliphatic rings. The Morgan fingerprint density at radius 2 is 2.13 bits per heavy atom. The van der Waals surface area contributed by atoms with E-state index in [1.807, 2.05) is 17.5 Å². The van der Waals surface area contributed by atoms with Crippen LogP contribution in [0.3, 0.4) is 0 Å². The summed E-state index contributed by atoms with van der Waals surface area (Å²) in [6.07, 6.45) is -4.85. The number of carbonyl (C=O) groups is 1. The van der Waals surface area contributed by atoms with E-state index in [1.165, 1.54) is 11.3 Å². The number of Topliss-reactive ketones (excluding diaryl/α,β-unsaturated/α-hetero) is 1. The molecule has 0 atom stereocenters. The molecule has 0 N–H and O–H groups in total. The van der Waals surface area contributed by atoms with Gasteiger partial charge in [-0.2, -0.15) is 13.2 Å². The molecule has 0 amide bonds. The van der Waals surface area contributed by atoms with Crippen molar-refractivity contribution in [2.75, 3.05) is 0 Å². The van der Waals surface area contributed by atoms with E-state index in [0.717, 1.165) is 4.88 Å². The smallest absolute Gasteiger partial charge is 0.299 e. The Balaban J connectivity index is 2.20. The second kappa shape index (κ2) is 5.30. The first-order valence-electron chi connectivity index (χ1n) is 4.58. The van der Waals surface area contributed by atoms with Crippen LogP contribution in [0.25, 0.3) is 0 Å². The van der Waals surface area contributed by atoms with Gasteiger partial charge in [-0.05, 0) is 17.9 Å². The monoisotopic (exact) mass is 236 g/mol. The summed E-state index contributed by atoms with van der Waals surface area (Å²) in [6.45, 7) is 0. The number of halogens is 3. The molecule has 0 saturated heterocycles. The van der Waals surface area contributed by atoms with E-state index in [9.17, 15) is 18.0 Å². The highest BCUT2D eigenvalue weighted by Crippen LogP contribution is 2.22. The zero-order chi connectivity index (χ0) is 11.3. The molecular formula is C10H11F3OS. The highest BCUT2D eigenvalue weighted by atomic mass is 32.1. The zero-order valence-corrected chi connectivity index (χ0v) is 8.83. The predicted octanol–water partition coefficient (Wildman–Crippen LogP) is 3.59. The lowest BCUT2D eigenvalue weighted by Crippen LogP contribution is -2.09. The maximum Gasteiger partial charge on any atom is 0.389 e.